The Labute approximate surface area is 208 Å². The summed E-state index contributed by atoms with van der Waals surface area (Å²) in [6, 6.07) is 11.0. The number of morpholine rings is 1. The fourth-order valence-electron chi connectivity index (χ4n) is 5.43. The van der Waals surface area contributed by atoms with Crippen LogP contribution in [0, 0.1) is 12.7 Å². The number of aliphatic hydroxyl groups is 1. The van der Waals surface area contributed by atoms with Crippen molar-refractivity contribution in [1.29, 1.82) is 0 Å². The highest BCUT2D eigenvalue weighted by molar-refractivity contribution is 6.50. The minimum Gasteiger partial charge on any atom is -0.507 e. The lowest BCUT2D eigenvalue weighted by atomic mass is 9.81. The molecular formula is C27H28FN3O5. The van der Waals surface area contributed by atoms with E-state index in [1.807, 2.05) is 0 Å². The molecule has 0 unspecified atom stereocenters. The van der Waals surface area contributed by atoms with Crippen LogP contribution in [0.3, 0.4) is 0 Å². The Morgan fingerprint density at radius 3 is 2.53 bits per heavy atom. The summed E-state index contributed by atoms with van der Waals surface area (Å²) in [6.45, 7) is 5.19. The van der Waals surface area contributed by atoms with Gasteiger partial charge in [-0.15, -0.1) is 0 Å². The number of ketones is 1. The molecule has 2 aromatic carbocycles. The number of anilines is 1. The molecule has 36 heavy (non-hydrogen) atoms. The first-order valence-electron chi connectivity index (χ1n) is 12.0. The van der Waals surface area contributed by atoms with Crippen molar-refractivity contribution in [3.05, 3.63) is 70.5 Å². The Morgan fingerprint density at radius 1 is 1.08 bits per heavy atom. The van der Waals surface area contributed by atoms with E-state index in [9.17, 15) is 23.9 Å². The minimum atomic E-state index is -1.82. The van der Waals surface area contributed by atoms with E-state index in [1.165, 1.54) is 21.9 Å². The van der Waals surface area contributed by atoms with Crippen molar-refractivity contribution in [3.8, 4) is 0 Å². The SMILES string of the molecule is Cc1ccc(C(O)=C2C(=O)C(=O)N(CCCN3CCOCC3)[C@@]23C(=O)N(C)c2ccccc23)cc1F. The number of hydrogen-bond donors (Lipinski definition) is 1. The number of likely N-dealkylation sites (tertiary alicyclic amines) is 1. The second-order valence-corrected chi connectivity index (χ2v) is 9.37. The smallest absolute Gasteiger partial charge is 0.296 e. The van der Waals surface area contributed by atoms with Crippen LogP contribution in [0.4, 0.5) is 10.1 Å². The van der Waals surface area contributed by atoms with Gasteiger partial charge in [-0.25, -0.2) is 4.39 Å². The number of aryl methyl sites for hydroxylation is 1. The molecule has 2 aromatic rings. The normalized spacial score (nSPS) is 23.7. The maximum absolute atomic E-state index is 14.4. The third-order valence-electron chi connectivity index (χ3n) is 7.34. The van der Waals surface area contributed by atoms with E-state index in [1.54, 1.807) is 38.2 Å². The fourth-order valence-corrected chi connectivity index (χ4v) is 5.43. The van der Waals surface area contributed by atoms with E-state index in [0.29, 0.717) is 43.0 Å². The van der Waals surface area contributed by atoms with Gasteiger partial charge in [-0.3, -0.25) is 19.3 Å². The van der Waals surface area contributed by atoms with Gasteiger partial charge in [-0.05, 0) is 31.0 Å². The van der Waals surface area contributed by atoms with Crippen molar-refractivity contribution in [2.24, 2.45) is 0 Å². The summed E-state index contributed by atoms with van der Waals surface area (Å²) < 4.78 is 19.8. The van der Waals surface area contributed by atoms with Crippen LogP contribution in [0.2, 0.25) is 0 Å². The summed E-state index contributed by atoms with van der Waals surface area (Å²) in [4.78, 5) is 45.8. The zero-order chi connectivity index (χ0) is 25.6. The van der Waals surface area contributed by atoms with E-state index in [-0.39, 0.29) is 17.7 Å². The van der Waals surface area contributed by atoms with E-state index < -0.39 is 34.7 Å². The van der Waals surface area contributed by atoms with Crippen molar-refractivity contribution in [2.75, 3.05) is 51.3 Å². The van der Waals surface area contributed by atoms with Gasteiger partial charge in [0, 0.05) is 50.0 Å². The van der Waals surface area contributed by atoms with Crippen LogP contribution in [-0.4, -0.2) is 78.9 Å². The molecule has 0 aromatic heterocycles. The molecule has 8 nitrogen and oxygen atoms in total. The van der Waals surface area contributed by atoms with Gasteiger partial charge in [0.15, 0.2) is 5.54 Å². The Balaban J connectivity index is 1.64. The van der Waals surface area contributed by atoms with E-state index in [2.05, 4.69) is 4.90 Å². The van der Waals surface area contributed by atoms with Crippen LogP contribution in [0.1, 0.15) is 23.1 Å². The van der Waals surface area contributed by atoms with Gasteiger partial charge in [0.1, 0.15) is 11.6 Å². The van der Waals surface area contributed by atoms with Crippen LogP contribution in [0.25, 0.3) is 5.76 Å². The summed E-state index contributed by atoms with van der Waals surface area (Å²) in [6.07, 6.45) is 0.521. The largest absolute Gasteiger partial charge is 0.507 e. The number of benzene rings is 2. The summed E-state index contributed by atoms with van der Waals surface area (Å²) in [7, 11) is 1.58. The highest BCUT2D eigenvalue weighted by Gasteiger charge is 2.66. The molecular weight excluding hydrogens is 465 g/mol. The molecule has 0 saturated carbocycles. The van der Waals surface area contributed by atoms with Crippen molar-refractivity contribution >= 4 is 29.0 Å². The Morgan fingerprint density at radius 2 is 1.81 bits per heavy atom. The number of carbonyl (C=O) groups is 3. The standard InChI is InChI=1S/C27H28FN3O5/c1-17-8-9-18(16-20(17)28)23(32)22-24(33)25(34)31(11-5-10-30-12-14-36-15-13-30)27(22)19-6-3-4-7-21(19)29(2)26(27)35/h3-4,6-9,16,32H,5,10-15H2,1-2H3/t27-/m1/s1. The number of nitrogens with zero attached hydrogens (tertiary/aromatic N) is 3. The fraction of sp³-hybridized carbons (Fsp3) is 0.370. The quantitative estimate of drug-likeness (QED) is 0.391. The molecule has 0 bridgehead atoms. The molecule has 2 fully saturated rings. The van der Waals surface area contributed by atoms with Gasteiger partial charge < -0.3 is 19.6 Å². The number of para-hydroxylation sites is 1. The van der Waals surface area contributed by atoms with Crippen molar-refractivity contribution in [1.82, 2.24) is 9.80 Å². The zero-order valence-electron chi connectivity index (χ0n) is 20.3. The van der Waals surface area contributed by atoms with Gasteiger partial charge in [0.2, 0.25) is 0 Å². The van der Waals surface area contributed by atoms with Crippen LogP contribution in [0.15, 0.2) is 48.0 Å². The monoisotopic (exact) mass is 493 g/mol. The second-order valence-electron chi connectivity index (χ2n) is 9.37. The van der Waals surface area contributed by atoms with Crippen LogP contribution >= 0.6 is 0 Å². The molecule has 1 atom stereocenters. The number of hydrogen-bond acceptors (Lipinski definition) is 6. The van der Waals surface area contributed by atoms with Crippen LogP contribution < -0.4 is 4.90 Å². The van der Waals surface area contributed by atoms with Gasteiger partial charge >= 0.3 is 0 Å². The average molecular weight is 494 g/mol. The molecule has 9 heteroatoms. The highest BCUT2D eigenvalue weighted by atomic mass is 19.1. The first kappa shape index (κ1) is 24.1. The minimum absolute atomic E-state index is 0.0311. The number of halogens is 1. The van der Waals surface area contributed by atoms with Crippen molar-refractivity contribution < 1.29 is 28.6 Å². The molecule has 3 aliphatic rings. The summed E-state index contributed by atoms with van der Waals surface area (Å²) in [5, 5.41) is 11.3. The lowest BCUT2D eigenvalue weighted by Gasteiger charge is -2.35. The molecule has 2 saturated heterocycles. The predicted octanol–water partition coefficient (Wildman–Crippen LogP) is 2.41. The van der Waals surface area contributed by atoms with Gasteiger partial charge in [0.05, 0.1) is 18.8 Å². The number of aliphatic hydroxyl groups excluding tert-OH is 1. The molecule has 3 aliphatic heterocycles. The molecule has 0 radical (unpaired) electrons. The van der Waals surface area contributed by atoms with Crippen molar-refractivity contribution in [3.63, 3.8) is 0 Å². The predicted molar refractivity (Wildman–Crippen MR) is 131 cm³/mol. The highest BCUT2D eigenvalue weighted by Crippen LogP contribution is 2.53. The van der Waals surface area contributed by atoms with Gasteiger partial charge in [-0.2, -0.15) is 0 Å². The molecule has 2 amide bonds. The number of Topliss-reactive ketones (excluding diaryl/α,β-unsaturated/α-hetero) is 1. The van der Waals surface area contributed by atoms with E-state index >= 15 is 0 Å². The summed E-state index contributed by atoms with van der Waals surface area (Å²) in [5.41, 5.74) is -0.768. The molecule has 1 spiro atoms. The third-order valence-corrected chi connectivity index (χ3v) is 7.34. The Hall–Kier alpha value is -3.56. The van der Waals surface area contributed by atoms with E-state index in [4.69, 9.17) is 4.74 Å². The first-order chi connectivity index (χ1) is 17.3. The summed E-state index contributed by atoms with van der Waals surface area (Å²) >= 11 is 0. The number of amides is 2. The molecule has 0 aliphatic carbocycles. The molecule has 3 heterocycles. The second kappa shape index (κ2) is 9.15. The Bertz CT molecular complexity index is 1290. The number of likely N-dealkylation sites (N-methyl/N-ethyl adjacent to an activating group) is 1. The Kier molecular flexibility index (Phi) is 6.13. The molecule has 188 valence electrons. The number of rotatable bonds is 5. The number of ether oxygens (including phenoxy) is 1. The maximum atomic E-state index is 14.4. The molecule has 5 rings (SSSR count). The van der Waals surface area contributed by atoms with Crippen LogP contribution in [0.5, 0.6) is 0 Å². The topological polar surface area (TPSA) is 90.4 Å². The van der Waals surface area contributed by atoms with E-state index in [0.717, 1.165) is 19.2 Å². The van der Waals surface area contributed by atoms with Crippen LogP contribution in [-0.2, 0) is 24.7 Å². The number of fused-ring (bicyclic) bond motifs is 2. The average Bonchev–Trinajstić information content (AvgIpc) is 3.24. The zero-order valence-corrected chi connectivity index (χ0v) is 20.3. The van der Waals surface area contributed by atoms with Gasteiger partial charge in [-0.1, -0.05) is 30.3 Å². The number of carbonyl (C=O) groups excluding carboxylic acids is 3. The third kappa shape index (κ3) is 3.53. The first-order valence-corrected chi connectivity index (χ1v) is 12.0. The molecule has 1 N–H and O–H groups in total. The van der Waals surface area contributed by atoms with Crippen molar-refractivity contribution in [2.45, 2.75) is 18.9 Å². The summed E-state index contributed by atoms with van der Waals surface area (Å²) in [5.74, 6) is -3.46. The van der Waals surface area contributed by atoms with Gasteiger partial charge in [0.25, 0.3) is 17.6 Å². The lowest BCUT2D eigenvalue weighted by molar-refractivity contribution is -0.143. The lowest BCUT2D eigenvalue weighted by Crippen LogP contribution is -2.52. The maximum Gasteiger partial charge on any atom is 0.296 e.